The number of rotatable bonds is 9. The van der Waals surface area contributed by atoms with Crippen molar-refractivity contribution in [2.24, 2.45) is 22.2 Å². The van der Waals surface area contributed by atoms with E-state index in [-0.39, 0.29) is 45.8 Å². The molecule has 0 aromatic carbocycles. The predicted molar refractivity (Wildman–Crippen MR) is 148 cm³/mol. The lowest BCUT2D eigenvalue weighted by Crippen LogP contribution is -2.38. The van der Waals surface area contributed by atoms with Gasteiger partial charge in [-0.1, -0.05) is 41.5 Å². The second kappa shape index (κ2) is 11.5. The molecule has 2 N–H and O–H groups in total. The molecule has 2 fully saturated rings. The number of aliphatic carboxylic acids is 2. The first-order chi connectivity index (χ1) is 17.8. The fourth-order valence-electron chi connectivity index (χ4n) is 5.99. The molecule has 2 aliphatic carbocycles. The number of fused-ring (bicyclic) bond motifs is 2. The summed E-state index contributed by atoms with van der Waals surface area (Å²) in [7, 11) is 0. The zero-order valence-corrected chi connectivity index (χ0v) is 25.0. The van der Waals surface area contributed by atoms with Crippen molar-refractivity contribution in [1.82, 2.24) is 0 Å². The van der Waals surface area contributed by atoms with Crippen LogP contribution >= 0.6 is 0 Å². The van der Waals surface area contributed by atoms with E-state index < -0.39 is 29.3 Å². The normalized spacial score (nSPS) is 26.0. The molecule has 2 rings (SSSR count). The second-order valence-corrected chi connectivity index (χ2v) is 12.7. The molecule has 0 heterocycles. The molecule has 1 unspecified atom stereocenters. The van der Waals surface area contributed by atoms with Gasteiger partial charge in [0.25, 0.3) is 0 Å². The second-order valence-electron chi connectivity index (χ2n) is 12.7. The van der Waals surface area contributed by atoms with E-state index in [1.165, 1.54) is 32.9 Å². The Morgan fingerprint density at radius 2 is 1.46 bits per heavy atom. The van der Waals surface area contributed by atoms with Crippen LogP contribution in [0.15, 0.2) is 45.6 Å². The SMILES string of the molecule is CC(=CCOC(=O)C(C)=C(C=C(C)C(=O)O)C(=C(C)C(=O)OC1C[C@H]2CC[C@@]1(C)C2(C)C)C(C)(C)C)C(=O)O. The van der Waals surface area contributed by atoms with Crippen LogP contribution in [0.2, 0.25) is 0 Å². The summed E-state index contributed by atoms with van der Waals surface area (Å²) in [4.78, 5) is 49.4. The Morgan fingerprint density at radius 1 is 0.897 bits per heavy atom. The van der Waals surface area contributed by atoms with Gasteiger partial charge in [-0.25, -0.2) is 19.2 Å². The van der Waals surface area contributed by atoms with Crippen molar-refractivity contribution in [2.45, 2.75) is 94.6 Å². The molecule has 0 aliphatic heterocycles. The molecule has 0 amide bonds. The third kappa shape index (κ3) is 6.53. The van der Waals surface area contributed by atoms with Crippen molar-refractivity contribution in [3.8, 4) is 0 Å². The summed E-state index contributed by atoms with van der Waals surface area (Å²) >= 11 is 0. The molecule has 39 heavy (non-hydrogen) atoms. The number of hydrogen-bond donors (Lipinski definition) is 2. The summed E-state index contributed by atoms with van der Waals surface area (Å²) in [6.07, 6.45) is 5.33. The molecule has 8 heteroatoms. The van der Waals surface area contributed by atoms with Crippen LogP contribution in [0.5, 0.6) is 0 Å². The number of ether oxygens (including phenoxy) is 2. The zero-order valence-electron chi connectivity index (χ0n) is 25.0. The highest BCUT2D eigenvalue weighted by atomic mass is 16.5. The molecule has 2 aliphatic rings. The highest BCUT2D eigenvalue weighted by Crippen LogP contribution is 2.66. The molecule has 2 bridgehead atoms. The van der Waals surface area contributed by atoms with Crippen molar-refractivity contribution < 1.29 is 38.9 Å². The van der Waals surface area contributed by atoms with Crippen LogP contribution in [0.1, 0.15) is 88.5 Å². The van der Waals surface area contributed by atoms with Gasteiger partial charge in [-0.3, -0.25) is 0 Å². The molecule has 0 aromatic heterocycles. The number of carbonyl (C=O) groups is 4. The number of carboxylic acids is 2. The van der Waals surface area contributed by atoms with Gasteiger partial charge in [0.15, 0.2) is 0 Å². The van der Waals surface area contributed by atoms with Crippen molar-refractivity contribution in [2.75, 3.05) is 6.61 Å². The minimum absolute atomic E-state index is 0.0240. The van der Waals surface area contributed by atoms with Crippen LogP contribution in [0.25, 0.3) is 0 Å². The summed E-state index contributed by atoms with van der Waals surface area (Å²) in [6.45, 7) is 18.0. The lowest BCUT2D eigenvalue weighted by molar-refractivity contribution is -0.152. The van der Waals surface area contributed by atoms with Crippen molar-refractivity contribution in [1.29, 1.82) is 0 Å². The lowest BCUT2D eigenvalue weighted by atomic mass is 9.70. The third-order valence-electron chi connectivity index (χ3n) is 9.01. The predicted octanol–water partition coefficient (Wildman–Crippen LogP) is 6.03. The van der Waals surface area contributed by atoms with Crippen molar-refractivity contribution in [3.63, 3.8) is 0 Å². The monoisotopic (exact) mass is 544 g/mol. The highest BCUT2D eigenvalue weighted by molar-refractivity contribution is 5.95. The van der Waals surface area contributed by atoms with E-state index in [0.717, 1.165) is 19.3 Å². The number of esters is 2. The molecule has 3 atom stereocenters. The van der Waals surface area contributed by atoms with E-state index in [9.17, 15) is 24.3 Å². The topological polar surface area (TPSA) is 127 Å². The average Bonchev–Trinajstić information content (AvgIpc) is 3.15. The number of allylic oxidation sites excluding steroid dienone is 3. The standard InChI is InChI=1S/C31H44O8/c1-17(25(32)33)12-14-38-27(36)19(3)22(15-18(2)26(34)35)24(29(5,6)7)20(4)28(37)39-23-16-21-11-13-31(23,10)30(21,8)9/h12,15,21,23H,11,13-14,16H2,1-10H3,(H,32,33)(H,34,35)/t21-,23?,31-/m1/s1. The molecule has 0 spiro atoms. The van der Waals surface area contributed by atoms with Gasteiger partial charge in [-0.05, 0) is 87.0 Å². The molecule has 8 nitrogen and oxygen atoms in total. The van der Waals surface area contributed by atoms with Gasteiger partial charge < -0.3 is 19.7 Å². The van der Waals surface area contributed by atoms with E-state index in [4.69, 9.17) is 14.6 Å². The molecule has 216 valence electrons. The molecular formula is C31H44O8. The Morgan fingerprint density at radius 3 is 1.90 bits per heavy atom. The summed E-state index contributed by atoms with van der Waals surface area (Å²) in [5, 5.41) is 18.6. The first-order valence-electron chi connectivity index (χ1n) is 13.4. The number of hydrogen-bond acceptors (Lipinski definition) is 6. The fourth-order valence-corrected chi connectivity index (χ4v) is 5.99. The molecule has 0 aromatic rings. The average molecular weight is 545 g/mol. The summed E-state index contributed by atoms with van der Waals surface area (Å²) in [5.74, 6) is -3.05. The van der Waals surface area contributed by atoms with Gasteiger partial charge in [0, 0.05) is 27.7 Å². The fraction of sp³-hybridized carbons (Fsp3) is 0.613. The van der Waals surface area contributed by atoms with Crippen LogP contribution in [0, 0.1) is 22.2 Å². The molecule has 2 saturated carbocycles. The first kappa shape index (κ1) is 32.1. The van der Waals surface area contributed by atoms with Gasteiger partial charge in [0.2, 0.25) is 0 Å². The van der Waals surface area contributed by atoms with Crippen LogP contribution in [0.4, 0.5) is 0 Å². The lowest BCUT2D eigenvalue weighted by Gasteiger charge is -2.38. The Kier molecular flexibility index (Phi) is 9.47. The summed E-state index contributed by atoms with van der Waals surface area (Å²) in [6, 6.07) is 0. The van der Waals surface area contributed by atoms with Crippen molar-refractivity contribution in [3.05, 3.63) is 45.6 Å². The molecule has 0 radical (unpaired) electrons. The van der Waals surface area contributed by atoms with Crippen LogP contribution in [0.3, 0.4) is 0 Å². The van der Waals surface area contributed by atoms with Gasteiger partial charge in [0.1, 0.15) is 12.7 Å². The maximum atomic E-state index is 13.6. The zero-order chi connectivity index (χ0) is 30.1. The summed E-state index contributed by atoms with van der Waals surface area (Å²) < 4.78 is 11.4. The maximum absolute atomic E-state index is 13.6. The third-order valence-corrected chi connectivity index (χ3v) is 9.01. The van der Waals surface area contributed by atoms with Crippen molar-refractivity contribution >= 4 is 23.9 Å². The molecule has 0 saturated heterocycles. The van der Waals surface area contributed by atoms with Gasteiger partial charge in [-0.15, -0.1) is 0 Å². The van der Waals surface area contributed by atoms with E-state index >= 15 is 0 Å². The minimum atomic E-state index is -1.17. The van der Waals surface area contributed by atoms with Crippen LogP contribution in [-0.2, 0) is 28.7 Å². The van der Waals surface area contributed by atoms with E-state index in [2.05, 4.69) is 20.8 Å². The maximum Gasteiger partial charge on any atom is 0.334 e. The summed E-state index contributed by atoms with van der Waals surface area (Å²) in [5.41, 5.74) is 0.395. The number of carboxylic acid groups (broad SMARTS) is 2. The van der Waals surface area contributed by atoms with E-state index in [1.807, 2.05) is 20.8 Å². The highest BCUT2D eigenvalue weighted by Gasteiger charge is 2.63. The van der Waals surface area contributed by atoms with Crippen LogP contribution in [-0.4, -0.2) is 46.8 Å². The van der Waals surface area contributed by atoms with E-state index in [1.54, 1.807) is 6.92 Å². The Hall–Kier alpha value is -3.16. The van der Waals surface area contributed by atoms with E-state index in [0.29, 0.717) is 17.1 Å². The quantitative estimate of drug-likeness (QED) is 0.205. The Labute approximate surface area is 231 Å². The Bertz CT molecular complexity index is 1170. The largest absolute Gasteiger partial charge is 0.478 e. The number of carbonyl (C=O) groups excluding carboxylic acids is 2. The van der Waals surface area contributed by atoms with Gasteiger partial charge in [-0.2, -0.15) is 0 Å². The Balaban J connectivity index is 2.57. The van der Waals surface area contributed by atoms with Gasteiger partial charge in [0.05, 0.1) is 0 Å². The smallest absolute Gasteiger partial charge is 0.334 e. The van der Waals surface area contributed by atoms with Gasteiger partial charge >= 0.3 is 23.9 Å². The minimum Gasteiger partial charge on any atom is -0.478 e. The first-order valence-corrected chi connectivity index (χ1v) is 13.4. The molecular weight excluding hydrogens is 500 g/mol. The van der Waals surface area contributed by atoms with Crippen LogP contribution < -0.4 is 0 Å².